The van der Waals surface area contributed by atoms with Gasteiger partial charge >= 0.3 is 0 Å². The molecule has 146 valence electrons. The van der Waals surface area contributed by atoms with Gasteiger partial charge in [-0.15, -0.1) is 0 Å². The van der Waals surface area contributed by atoms with Crippen LogP contribution in [0.4, 0.5) is 0 Å². The molecule has 1 saturated heterocycles. The molecule has 0 bridgehead atoms. The predicted molar refractivity (Wildman–Crippen MR) is 101 cm³/mol. The average Bonchev–Trinajstić information content (AvgIpc) is 3.14. The first-order valence-corrected chi connectivity index (χ1v) is 10.7. The van der Waals surface area contributed by atoms with Gasteiger partial charge in [-0.25, -0.2) is 13.1 Å². The third kappa shape index (κ3) is 5.69. The van der Waals surface area contributed by atoms with Gasteiger partial charge in [-0.3, -0.25) is 4.79 Å². The summed E-state index contributed by atoms with van der Waals surface area (Å²) >= 11 is 0. The Balaban J connectivity index is 1.88. The molecule has 2 rings (SSSR count). The molecule has 0 aliphatic carbocycles. The van der Waals surface area contributed by atoms with E-state index in [4.69, 9.17) is 4.74 Å². The summed E-state index contributed by atoms with van der Waals surface area (Å²) in [6, 6.07) is 6.47. The molecule has 0 radical (unpaired) electrons. The Hall–Kier alpha value is -1.64. The fourth-order valence-electron chi connectivity index (χ4n) is 3.06. The first-order valence-electron chi connectivity index (χ1n) is 9.20. The number of hydrogen-bond acceptors (Lipinski definition) is 5. The number of carbonyl (C=O) groups excluding carboxylic acids is 1. The number of nitrogens with zero attached hydrogens (tertiary/aromatic N) is 1. The Morgan fingerprint density at radius 1 is 1.31 bits per heavy atom. The van der Waals surface area contributed by atoms with Crippen LogP contribution in [0.15, 0.2) is 29.2 Å². The van der Waals surface area contributed by atoms with Crippen molar-refractivity contribution < 1.29 is 17.9 Å². The number of ether oxygens (including phenoxy) is 1. The first-order chi connectivity index (χ1) is 12.5. The number of rotatable bonds is 10. The van der Waals surface area contributed by atoms with Crippen molar-refractivity contribution in [1.29, 1.82) is 0 Å². The number of sulfonamides is 1. The summed E-state index contributed by atoms with van der Waals surface area (Å²) in [5, 5.41) is 3.27. The van der Waals surface area contributed by atoms with Crippen molar-refractivity contribution in [3.05, 3.63) is 24.3 Å². The Morgan fingerprint density at radius 3 is 2.62 bits per heavy atom. The van der Waals surface area contributed by atoms with Gasteiger partial charge in [0.25, 0.3) is 0 Å². The second kappa shape index (κ2) is 9.89. The van der Waals surface area contributed by atoms with Crippen LogP contribution in [0.5, 0.6) is 5.75 Å². The Labute approximate surface area is 156 Å². The monoisotopic (exact) mass is 383 g/mol. The van der Waals surface area contributed by atoms with Gasteiger partial charge in [0.05, 0.1) is 11.5 Å². The van der Waals surface area contributed by atoms with Crippen molar-refractivity contribution in [3.63, 3.8) is 0 Å². The lowest BCUT2D eigenvalue weighted by molar-refractivity contribution is -0.133. The number of hydrogen-bond donors (Lipinski definition) is 2. The highest BCUT2D eigenvalue weighted by Gasteiger charge is 2.25. The minimum absolute atomic E-state index is 0.00468. The second-order valence-electron chi connectivity index (χ2n) is 6.29. The molecule has 1 aliphatic heterocycles. The van der Waals surface area contributed by atoms with Gasteiger partial charge < -0.3 is 15.0 Å². The van der Waals surface area contributed by atoms with E-state index in [9.17, 15) is 13.2 Å². The zero-order chi connectivity index (χ0) is 19.0. The maximum atomic E-state index is 12.5. The van der Waals surface area contributed by atoms with E-state index >= 15 is 0 Å². The van der Waals surface area contributed by atoms with Crippen LogP contribution in [0, 0.1) is 0 Å². The van der Waals surface area contributed by atoms with Crippen molar-refractivity contribution in [3.8, 4) is 5.75 Å². The molecule has 1 fully saturated rings. The molecule has 1 aromatic carbocycles. The van der Waals surface area contributed by atoms with E-state index < -0.39 is 10.0 Å². The highest BCUT2D eigenvalue weighted by atomic mass is 32.2. The van der Waals surface area contributed by atoms with E-state index in [0.717, 1.165) is 25.9 Å². The minimum Gasteiger partial charge on any atom is -0.494 e. The maximum Gasteiger partial charge on any atom is 0.240 e. The Morgan fingerprint density at radius 2 is 2.04 bits per heavy atom. The van der Waals surface area contributed by atoms with Crippen LogP contribution < -0.4 is 14.8 Å². The van der Waals surface area contributed by atoms with Crippen LogP contribution in [0.2, 0.25) is 0 Å². The van der Waals surface area contributed by atoms with Gasteiger partial charge in [0, 0.05) is 32.1 Å². The van der Waals surface area contributed by atoms with Crippen molar-refractivity contribution in [2.75, 3.05) is 32.8 Å². The molecule has 0 saturated carbocycles. The topological polar surface area (TPSA) is 87.7 Å². The number of carbonyl (C=O) groups is 1. The number of amides is 1. The summed E-state index contributed by atoms with van der Waals surface area (Å²) in [6.07, 6.45) is 2.00. The second-order valence-corrected chi connectivity index (χ2v) is 8.05. The van der Waals surface area contributed by atoms with E-state index in [1.54, 1.807) is 12.1 Å². The Bertz CT molecular complexity index is 670. The molecule has 1 aromatic rings. The molecule has 1 atom stereocenters. The molecular weight excluding hydrogens is 354 g/mol. The fraction of sp³-hybridized carbons (Fsp3) is 0.611. The van der Waals surface area contributed by atoms with Crippen molar-refractivity contribution >= 4 is 15.9 Å². The summed E-state index contributed by atoms with van der Waals surface area (Å²) in [5.74, 6) is 0.622. The van der Waals surface area contributed by atoms with Crippen molar-refractivity contribution in [2.45, 2.75) is 44.0 Å². The van der Waals surface area contributed by atoms with Gasteiger partial charge in [0.2, 0.25) is 15.9 Å². The van der Waals surface area contributed by atoms with E-state index in [2.05, 4.69) is 10.0 Å². The zero-order valence-corrected chi connectivity index (χ0v) is 16.3. The van der Waals surface area contributed by atoms with E-state index in [-0.39, 0.29) is 29.8 Å². The molecule has 1 heterocycles. The average molecular weight is 384 g/mol. The normalized spacial score (nSPS) is 17.2. The van der Waals surface area contributed by atoms with Gasteiger partial charge in [-0.1, -0.05) is 6.92 Å². The molecule has 0 aromatic heterocycles. The molecule has 26 heavy (non-hydrogen) atoms. The molecule has 7 nitrogen and oxygen atoms in total. The third-order valence-corrected chi connectivity index (χ3v) is 5.81. The molecule has 1 aliphatic rings. The summed E-state index contributed by atoms with van der Waals surface area (Å²) in [4.78, 5) is 14.6. The minimum atomic E-state index is -3.63. The van der Waals surface area contributed by atoms with Crippen LogP contribution >= 0.6 is 0 Å². The number of nitrogens with one attached hydrogen (secondary N) is 2. The van der Waals surface area contributed by atoms with Crippen LogP contribution in [-0.4, -0.2) is 58.1 Å². The highest BCUT2D eigenvalue weighted by molar-refractivity contribution is 7.89. The zero-order valence-electron chi connectivity index (χ0n) is 15.5. The molecule has 0 spiro atoms. The number of benzene rings is 1. The largest absolute Gasteiger partial charge is 0.494 e. The summed E-state index contributed by atoms with van der Waals surface area (Å²) < 4.78 is 32.5. The van der Waals surface area contributed by atoms with Gasteiger partial charge in [0.1, 0.15) is 5.75 Å². The van der Waals surface area contributed by atoms with Crippen molar-refractivity contribution in [1.82, 2.24) is 14.9 Å². The van der Waals surface area contributed by atoms with Crippen LogP contribution in [0.25, 0.3) is 0 Å². The van der Waals surface area contributed by atoms with E-state index in [0.29, 0.717) is 18.9 Å². The molecule has 2 N–H and O–H groups in total. The fourth-order valence-corrected chi connectivity index (χ4v) is 4.09. The maximum absolute atomic E-state index is 12.5. The van der Waals surface area contributed by atoms with Crippen LogP contribution in [-0.2, 0) is 14.8 Å². The van der Waals surface area contributed by atoms with Gasteiger partial charge in [-0.2, -0.15) is 0 Å². The summed E-state index contributed by atoms with van der Waals surface area (Å²) in [5.41, 5.74) is 0. The van der Waals surface area contributed by atoms with Gasteiger partial charge in [0.15, 0.2) is 0 Å². The lowest BCUT2D eigenvalue weighted by atomic mass is 10.2. The smallest absolute Gasteiger partial charge is 0.240 e. The van der Waals surface area contributed by atoms with Gasteiger partial charge in [-0.05, 0) is 50.6 Å². The predicted octanol–water partition coefficient (Wildman–Crippen LogP) is 1.35. The summed E-state index contributed by atoms with van der Waals surface area (Å²) in [7, 11) is -3.63. The SMILES string of the molecule is CCCN(C(=O)CCNS(=O)(=O)c1ccc(OCC)cc1)C1CCNC1. The first kappa shape index (κ1) is 20.7. The summed E-state index contributed by atoms with van der Waals surface area (Å²) in [6.45, 7) is 6.96. The van der Waals surface area contributed by atoms with Crippen LogP contribution in [0.1, 0.15) is 33.1 Å². The molecule has 1 amide bonds. The lowest BCUT2D eigenvalue weighted by Crippen LogP contribution is -2.43. The quantitative estimate of drug-likeness (QED) is 0.637. The van der Waals surface area contributed by atoms with Crippen LogP contribution in [0.3, 0.4) is 0 Å². The van der Waals surface area contributed by atoms with Crippen molar-refractivity contribution in [2.24, 2.45) is 0 Å². The molecule has 8 heteroatoms. The van der Waals surface area contributed by atoms with E-state index in [1.807, 2.05) is 18.7 Å². The standard InChI is InChI=1S/C18H29N3O4S/c1-3-13-21(15-9-11-19-14-15)18(22)10-12-20-26(23,24)17-7-5-16(6-8-17)25-4-2/h5-8,15,19-20H,3-4,9-14H2,1-2H3. The van der Waals surface area contributed by atoms with E-state index in [1.165, 1.54) is 12.1 Å². The molecular formula is C18H29N3O4S. The lowest BCUT2D eigenvalue weighted by Gasteiger charge is -2.28. The highest BCUT2D eigenvalue weighted by Crippen LogP contribution is 2.16. The third-order valence-electron chi connectivity index (χ3n) is 4.34. The molecule has 1 unspecified atom stereocenters. The Kier molecular flexibility index (Phi) is 7.86.